The second-order valence-electron chi connectivity index (χ2n) is 2.11. The van der Waals surface area contributed by atoms with E-state index in [9.17, 15) is 0 Å². The van der Waals surface area contributed by atoms with Crippen LogP contribution < -0.4 is 5.32 Å². The highest BCUT2D eigenvalue weighted by atomic mass is 32.1. The second kappa shape index (κ2) is 2.79. The van der Waals surface area contributed by atoms with Gasteiger partial charge < -0.3 is 5.32 Å². The number of hydrogen-bond donors (Lipinski definition) is 1. The monoisotopic (exact) mass is 140 g/mol. The zero-order valence-corrected chi connectivity index (χ0v) is 5.87. The van der Waals surface area contributed by atoms with Gasteiger partial charge in [0.15, 0.2) is 0 Å². The molecule has 0 spiro atoms. The van der Waals surface area contributed by atoms with Crippen LogP contribution in [0, 0.1) is 17.2 Å². The van der Waals surface area contributed by atoms with Crippen molar-refractivity contribution in [2.75, 3.05) is 6.54 Å². The van der Waals surface area contributed by atoms with Crippen LogP contribution in [0.5, 0.6) is 0 Å². The van der Waals surface area contributed by atoms with Crippen molar-refractivity contribution in [1.82, 2.24) is 5.32 Å². The van der Waals surface area contributed by atoms with Gasteiger partial charge in [0.25, 0.3) is 0 Å². The van der Waals surface area contributed by atoms with Crippen LogP contribution in [0.15, 0.2) is 0 Å². The van der Waals surface area contributed by atoms with E-state index in [0.717, 1.165) is 24.4 Å². The largest absolute Gasteiger partial charge is 0.379 e. The molecule has 0 amide bonds. The van der Waals surface area contributed by atoms with Crippen molar-refractivity contribution in [3.05, 3.63) is 0 Å². The first-order valence-corrected chi connectivity index (χ1v) is 3.43. The first kappa shape index (κ1) is 6.50. The zero-order valence-electron chi connectivity index (χ0n) is 5.05. The van der Waals surface area contributed by atoms with Gasteiger partial charge in [-0.1, -0.05) is 12.2 Å². The van der Waals surface area contributed by atoms with Crippen LogP contribution in [0.4, 0.5) is 0 Å². The van der Waals surface area contributed by atoms with E-state index >= 15 is 0 Å². The Bertz CT molecular complexity index is 159. The summed E-state index contributed by atoms with van der Waals surface area (Å²) >= 11 is 4.89. The Morgan fingerprint density at radius 2 is 2.56 bits per heavy atom. The Balaban J connectivity index is 2.51. The van der Waals surface area contributed by atoms with Gasteiger partial charge in [-0.15, -0.1) is 0 Å². The lowest BCUT2D eigenvalue weighted by molar-refractivity contribution is 0.612. The Morgan fingerprint density at radius 3 is 3.00 bits per heavy atom. The lowest BCUT2D eigenvalue weighted by Gasteiger charge is -2.17. The molecule has 0 aromatic rings. The van der Waals surface area contributed by atoms with Crippen molar-refractivity contribution >= 4 is 17.2 Å². The maximum Gasteiger partial charge on any atom is 0.0965 e. The Kier molecular flexibility index (Phi) is 2.01. The smallest absolute Gasteiger partial charge is 0.0965 e. The molecule has 0 saturated carbocycles. The molecule has 1 aliphatic heterocycles. The van der Waals surface area contributed by atoms with Crippen molar-refractivity contribution in [3.63, 3.8) is 0 Å². The molecular formula is C6H8N2S. The highest BCUT2D eigenvalue weighted by Gasteiger charge is 2.16. The Morgan fingerprint density at radius 1 is 1.78 bits per heavy atom. The molecule has 0 aromatic heterocycles. The van der Waals surface area contributed by atoms with Crippen LogP contribution >= 0.6 is 12.2 Å². The minimum absolute atomic E-state index is 0.0197. The van der Waals surface area contributed by atoms with Crippen molar-refractivity contribution in [2.24, 2.45) is 5.92 Å². The van der Waals surface area contributed by atoms with Gasteiger partial charge in [0.1, 0.15) is 0 Å². The third kappa shape index (κ3) is 1.39. The maximum atomic E-state index is 8.48. The summed E-state index contributed by atoms with van der Waals surface area (Å²) in [5.41, 5.74) is 0. The van der Waals surface area contributed by atoms with Crippen LogP contribution in [0.1, 0.15) is 12.8 Å². The summed E-state index contributed by atoms with van der Waals surface area (Å²) < 4.78 is 0. The van der Waals surface area contributed by atoms with Crippen molar-refractivity contribution in [3.8, 4) is 6.07 Å². The first-order chi connectivity index (χ1) is 4.34. The standard InChI is InChI=1S/C6H8N2S/c7-4-5-2-1-3-8-6(5)9/h5H,1-3H2,(H,8,9). The molecule has 2 nitrogen and oxygen atoms in total. The molecular weight excluding hydrogens is 132 g/mol. The molecule has 0 bridgehead atoms. The lowest BCUT2D eigenvalue weighted by Crippen LogP contribution is -2.34. The minimum Gasteiger partial charge on any atom is -0.379 e. The van der Waals surface area contributed by atoms with E-state index in [1.165, 1.54) is 0 Å². The summed E-state index contributed by atoms with van der Waals surface area (Å²) in [5, 5.41) is 11.5. The van der Waals surface area contributed by atoms with Gasteiger partial charge in [0, 0.05) is 6.54 Å². The zero-order chi connectivity index (χ0) is 6.69. The van der Waals surface area contributed by atoms with E-state index in [-0.39, 0.29) is 5.92 Å². The van der Waals surface area contributed by atoms with E-state index in [1.54, 1.807) is 0 Å². The van der Waals surface area contributed by atoms with Gasteiger partial charge in [-0.05, 0) is 12.8 Å². The van der Waals surface area contributed by atoms with Crippen LogP contribution in [0.3, 0.4) is 0 Å². The average Bonchev–Trinajstić information content (AvgIpc) is 1.89. The summed E-state index contributed by atoms with van der Waals surface area (Å²) in [7, 11) is 0. The summed E-state index contributed by atoms with van der Waals surface area (Å²) in [6, 6.07) is 2.15. The van der Waals surface area contributed by atoms with Crippen LogP contribution in [-0.4, -0.2) is 11.5 Å². The third-order valence-electron chi connectivity index (χ3n) is 1.44. The summed E-state index contributed by atoms with van der Waals surface area (Å²) in [6.07, 6.45) is 2.00. The fraction of sp³-hybridized carbons (Fsp3) is 0.667. The van der Waals surface area contributed by atoms with Crippen molar-refractivity contribution in [1.29, 1.82) is 5.26 Å². The number of rotatable bonds is 0. The molecule has 1 saturated heterocycles. The van der Waals surface area contributed by atoms with E-state index in [2.05, 4.69) is 11.4 Å². The molecule has 0 aromatic carbocycles. The molecule has 48 valence electrons. The predicted molar refractivity (Wildman–Crippen MR) is 38.9 cm³/mol. The number of thiocarbonyl (C=S) groups is 1. The normalized spacial score (nSPS) is 26.6. The van der Waals surface area contributed by atoms with Crippen LogP contribution in [-0.2, 0) is 0 Å². The van der Waals surface area contributed by atoms with E-state index < -0.39 is 0 Å². The SMILES string of the molecule is N#CC1CCCNC1=S. The van der Waals surface area contributed by atoms with Gasteiger partial charge in [0.05, 0.1) is 17.0 Å². The highest BCUT2D eigenvalue weighted by Crippen LogP contribution is 2.10. The fourth-order valence-electron chi connectivity index (χ4n) is 0.895. The molecule has 1 fully saturated rings. The fourth-order valence-corrected chi connectivity index (χ4v) is 1.17. The molecule has 1 heterocycles. The lowest BCUT2D eigenvalue weighted by atomic mass is 10.0. The topological polar surface area (TPSA) is 35.8 Å². The number of nitriles is 1. The maximum absolute atomic E-state index is 8.48. The Hall–Kier alpha value is -0.620. The number of piperidine rings is 1. The quantitative estimate of drug-likeness (QED) is 0.506. The number of nitrogens with one attached hydrogen (secondary N) is 1. The molecule has 1 unspecified atom stereocenters. The van der Waals surface area contributed by atoms with Crippen molar-refractivity contribution in [2.45, 2.75) is 12.8 Å². The molecule has 3 heteroatoms. The predicted octanol–water partition coefficient (Wildman–Crippen LogP) is 0.837. The number of nitrogens with zero attached hydrogens (tertiary/aromatic N) is 1. The molecule has 0 radical (unpaired) electrons. The highest BCUT2D eigenvalue weighted by molar-refractivity contribution is 7.80. The van der Waals surface area contributed by atoms with E-state index in [0.29, 0.717) is 0 Å². The van der Waals surface area contributed by atoms with E-state index in [1.807, 2.05) is 0 Å². The molecule has 1 N–H and O–H groups in total. The number of hydrogen-bond acceptors (Lipinski definition) is 2. The summed E-state index contributed by atoms with van der Waals surface area (Å²) in [4.78, 5) is 0.726. The van der Waals surface area contributed by atoms with Crippen molar-refractivity contribution < 1.29 is 0 Å². The van der Waals surface area contributed by atoms with Gasteiger partial charge >= 0.3 is 0 Å². The van der Waals surface area contributed by atoms with Gasteiger partial charge in [-0.3, -0.25) is 0 Å². The molecule has 1 atom stereocenters. The van der Waals surface area contributed by atoms with Crippen LogP contribution in [0.2, 0.25) is 0 Å². The average molecular weight is 140 g/mol. The minimum atomic E-state index is -0.0197. The molecule has 1 aliphatic rings. The molecule has 9 heavy (non-hydrogen) atoms. The van der Waals surface area contributed by atoms with Gasteiger partial charge in [-0.25, -0.2) is 0 Å². The Labute approximate surface area is 59.9 Å². The first-order valence-electron chi connectivity index (χ1n) is 3.02. The van der Waals surface area contributed by atoms with Gasteiger partial charge in [-0.2, -0.15) is 5.26 Å². The third-order valence-corrected chi connectivity index (χ3v) is 1.87. The van der Waals surface area contributed by atoms with Crippen LogP contribution in [0.25, 0.3) is 0 Å². The summed E-state index contributed by atoms with van der Waals surface area (Å²) in [5.74, 6) is -0.0197. The second-order valence-corrected chi connectivity index (χ2v) is 2.55. The molecule has 1 rings (SSSR count). The summed E-state index contributed by atoms with van der Waals surface area (Å²) in [6.45, 7) is 0.941. The van der Waals surface area contributed by atoms with E-state index in [4.69, 9.17) is 17.5 Å². The molecule has 0 aliphatic carbocycles. The van der Waals surface area contributed by atoms with Gasteiger partial charge in [0.2, 0.25) is 0 Å².